The molecule has 0 rings (SSSR count). The first-order valence-electron chi connectivity index (χ1n) is 21.8. The van der Waals surface area contributed by atoms with Crippen LogP contribution in [0.15, 0.2) is 24.3 Å². The van der Waals surface area contributed by atoms with E-state index in [2.05, 4.69) is 42.7 Å². The van der Waals surface area contributed by atoms with Crippen molar-refractivity contribution in [3.8, 4) is 0 Å². The minimum absolute atomic E-state index is 0.178. The molecule has 0 aromatic carbocycles. The number of phosphoric ester groups is 1. The predicted molar refractivity (Wildman–Crippen MR) is 219 cm³/mol. The molecule has 0 aliphatic rings. The van der Waals surface area contributed by atoms with Crippen LogP contribution in [0.3, 0.4) is 0 Å². The van der Waals surface area contributed by atoms with Gasteiger partial charge in [0.2, 0.25) is 0 Å². The van der Waals surface area contributed by atoms with Crippen LogP contribution in [0.2, 0.25) is 0 Å². The van der Waals surface area contributed by atoms with Crippen molar-refractivity contribution >= 4 is 19.8 Å². The molecule has 54 heavy (non-hydrogen) atoms. The molecule has 11 heteroatoms. The van der Waals surface area contributed by atoms with Crippen LogP contribution in [-0.2, 0) is 32.7 Å². The van der Waals surface area contributed by atoms with Crippen LogP contribution in [0.4, 0.5) is 0 Å². The molecule has 0 radical (unpaired) electrons. The maximum Gasteiger partial charge on any atom is 0.472 e. The lowest BCUT2D eigenvalue weighted by molar-refractivity contribution is -0.161. The Kier molecular flexibility index (Phi) is 38.5. The van der Waals surface area contributed by atoms with Gasteiger partial charge in [0, 0.05) is 12.8 Å². The highest BCUT2D eigenvalue weighted by Crippen LogP contribution is 2.43. The Morgan fingerprint density at radius 3 is 1.44 bits per heavy atom. The number of ether oxygens (including phenoxy) is 2. The fraction of sp³-hybridized carbons (Fsp3) is 0.860. The molecule has 0 saturated carbocycles. The molecule has 318 valence electrons. The Labute approximate surface area is 329 Å². The van der Waals surface area contributed by atoms with E-state index in [4.69, 9.17) is 19.1 Å². The third kappa shape index (κ3) is 38.7. The van der Waals surface area contributed by atoms with Crippen molar-refractivity contribution in [2.75, 3.05) is 26.4 Å². The lowest BCUT2D eigenvalue weighted by Crippen LogP contribution is -2.29. The topological polar surface area (TPSA) is 149 Å². The molecule has 0 aromatic rings. The van der Waals surface area contributed by atoms with E-state index in [1.54, 1.807) is 0 Å². The average Bonchev–Trinajstić information content (AvgIpc) is 3.16. The van der Waals surface area contributed by atoms with Gasteiger partial charge in [0.1, 0.15) is 12.7 Å². The van der Waals surface area contributed by atoms with E-state index in [0.717, 1.165) is 44.9 Å². The number of esters is 2. The highest BCUT2D eigenvalue weighted by Gasteiger charge is 2.27. The zero-order valence-electron chi connectivity index (χ0n) is 34.4. The number of unbranched alkanes of at least 4 members (excludes halogenated alkanes) is 23. The molecular formula is C43H81O10P. The summed E-state index contributed by atoms with van der Waals surface area (Å²) in [6.07, 6.45) is 39.0. The lowest BCUT2D eigenvalue weighted by Gasteiger charge is -2.20. The molecule has 0 amide bonds. The largest absolute Gasteiger partial charge is 0.472 e. The van der Waals surface area contributed by atoms with Crippen molar-refractivity contribution in [3.63, 3.8) is 0 Å². The van der Waals surface area contributed by atoms with Crippen LogP contribution in [0.25, 0.3) is 0 Å². The predicted octanol–water partition coefficient (Wildman–Crippen LogP) is 11.4. The van der Waals surface area contributed by atoms with Crippen LogP contribution in [0.1, 0.15) is 200 Å². The fourth-order valence-electron chi connectivity index (χ4n) is 5.95. The van der Waals surface area contributed by atoms with Gasteiger partial charge < -0.3 is 24.6 Å². The van der Waals surface area contributed by atoms with E-state index in [1.807, 2.05) is 0 Å². The molecule has 1 unspecified atom stereocenters. The van der Waals surface area contributed by atoms with Gasteiger partial charge in [-0.3, -0.25) is 18.6 Å². The summed E-state index contributed by atoms with van der Waals surface area (Å²) in [7, 11) is -4.61. The van der Waals surface area contributed by atoms with Crippen molar-refractivity contribution in [2.24, 2.45) is 0 Å². The number of carbonyl (C=O) groups excluding carboxylic acids is 2. The Bertz CT molecular complexity index is 957. The van der Waals surface area contributed by atoms with Gasteiger partial charge in [-0.25, -0.2) is 4.57 Å². The number of allylic oxidation sites excluding steroid dienone is 4. The van der Waals surface area contributed by atoms with Crippen molar-refractivity contribution in [1.82, 2.24) is 0 Å². The van der Waals surface area contributed by atoms with E-state index in [1.165, 1.54) is 116 Å². The van der Waals surface area contributed by atoms with Crippen LogP contribution < -0.4 is 0 Å². The normalized spacial score (nSPS) is 14.1. The van der Waals surface area contributed by atoms with Crippen LogP contribution >= 0.6 is 7.82 Å². The number of aliphatic hydroxyl groups excluding tert-OH is 2. The van der Waals surface area contributed by atoms with Crippen molar-refractivity contribution in [3.05, 3.63) is 24.3 Å². The number of aliphatic hydroxyl groups is 2. The van der Waals surface area contributed by atoms with Gasteiger partial charge in [0.05, 0.1) is 19.8 Å². The van der Waals surface area contributed by atoms with Gasteiger partial charge in [0.15, 0.2) is 6.10 Å². The summed E-state index contributed by atoms with van der Waals surface area (Å²) in [5.41, 5.74) is 0. The summed E-state index contributed by atoms with van der Waals surface area (Å²) in [5.74, 6) is -0.974. The van der Waals surface area contributed by atoms with Gasteiger partial charge >= 0.3 is 19.8 Å². The lowest BCUT2D eigenvalue weighted by atomic mass is 10.0. The highest BCUT2D eigenvalue weighted by molar-refractivity contribution is 7.47. The average molecular weight is 789 g/mol. The highest BCUT2D eigenvalue weighted by atomic mass is 31.2. The molecule has 3 N–H and O–H groups in total. The van der Waals surface area contributed by atoms with Gasteiger partial charge in [-0.05, 0) is 44.9 Å². The molecule has 0 spiro atoms. The minimum atomic E-state index is -4.61. The molecule has 3 atom stereocenters. The number of hydrogen-bond acceptors (Lipinski definition) is 9. The minimum Gasteiger partial charge on any atom is -0.462 e. The molecule has 0 saturated heterocycles. The second-order valence-corrected chi connectivity index (χ2v) is 16.2. The summed E-state index contributed by atoms with van der Waals surface area (Å²) in [4.78, 5) is 34.8. The number of carbonyl (C=O) groups is 2. The summed E-state index contributed by atoms with van der Waals surface area (Å²) in [5, 5.41) is 18.3. The molecule has 0 aliphatic heterocycles. The van der Waals surface area contributed by atoms with Gasteiger partial charge in [-0.15, -0.1) is 0 Å². The Hall–Kier alpha value is -1.55. The Balaban J connectivity index is 4.15. The van der Waals surface area contributed by atoms with Gasteiger partial charge in [0.25, 0.3) is 0 Å². The zero-order valence-corrected chi connectivity index (χ0v) is 35.3. The monoisotopic (exact) mass is 789 g/mol. The molecule has 0 fully saturated rings. The zero-order chi connectivity index (χ0) is 39.8. The second-order valence-electron chi connectivity index (χ2n) is 14.7. The first-order valence-corrected chi connectivity index (χ1v) is 23.3. The van der Waals surface area contributed by atoms with E-state index < -0.39 is 51.8 Å². The quantitative estimate of drug-likeness (QED) is 0.0236. The number of phosphoric acid groups is 1. The van der Waals surface area contributed by atoms with Crippen LogP contribution in [0.5, 0.6) is 0 Å². The maximum atomic E-state index is 12.5. The fourth-order valence-corrected chi connectivity index (χ4v) is 6.74. The molecule has 0 heterocycles. The number of rotatable bonds is 41. The molecule has 0 aliphatic carbocycles. The SMILES string of the molecule is CCCCCCCCCCCCCCCC/C=C/CC/C=C/CCCC(=O)OC[C@@H](COP(=O)(O)OC[C@H](O)CO)OC(=O)CCCCCCCCCC. The van der Waals surface area contributed by atoms with Gasteiger partial charge in [-0.1, -0.05) is 167 Å². The molecule has 0 bridgehead atoms. The third-order valence-corrected chi connectivity index (χ3v) is 10.3. The van der Waals surface area contributed by atoms with E-state index >= 15 is 0 Å². The van der Waals surface area contributed by atoms with Crippen molar-refractivity contribution < 1.29 is 47.8 Å². The second kappa shape index (κ2) is 39.7. The third-order valence-electron chi connectivity index (χ3n) is 9.34. The van der Waals surface area contributed by atoms with Crippen molar-refractivity contribution in [1.29, 1.82) is 0 Å². The maximum absolute atomic E-state index is 12.5. The first-order chi connectivity index (χ1) is 26.2. The summed E-state index contributed by atoms with van der Waals surface area (Å²) >= 11 is 0. The van der Waals surface area contributed by atoms with E-state index in [9.17, 15) is 24.2 Å². The summed E-state index contributed by atoms with van der Waals surface area (Å²) in [6.45, 7) is 2.31. The summed E-state index contributed by atoms with van der Waals surface area (Å²) in [6, 6.07) is 0. The van der Waals surface area contributed by atoms with E-state index in [-0.39, 0.29) is 19.4 Å². The standard InChI is InChI=1S/C43H81O10P/c1-3-5-7-9-11-13-14-15-16-17-18-19-20-21-22-23-24-25-26-27-29-30-32-34-42(46)50-38-41(39-52-54(48,49)51-37-40(45)36-44)53-43(47)35-33-31-28-12-10-8-6-4-2/h23-24,27,29,40-41,44-45H,3-22,25-26,28,30-39H2,1-2H3,(H,48,49)/b24-23+,29-27+/t40-,41+/m1/s1. The van der Waals surface area contributed by atoms with Crippen LogP contribution in [-0.4, -0.2) is 65.7 Å². The molecule has 10 nitrogen and oxygen atoms in total. The van der Waals surface area contributed by atoms with Crippen LogP contribution in [0, 0.1) is 0 Å². The Morgan fingerprint density at radius 1 is 0.537 bits per heavy atom. The van der Waals surface area contributed by atoms with Gasteiger partial charge in [-0.2, -0.15) is 0 Å². The summed E-state index contributed by atoms with van der Waals surface area (Å²) < 4.78 is 32.5. The van der Waals surface area contributed by atoms with E-state index in [0.29, 0.717) is 12.8 Å². The first kappa shape index (κ1) is 52.5. The molecule has 0 aromatic heterocycles. The number of hydrogen-bond donors (Lipinski definition) is 3. The smallest absolute Gasteiger partial charge is 0.462 e. The molecular weight excluding hydrogens is 707 g/mol. The van der Waals surface area contributed by atoms with Crippen molar-refractivity contribution in [2.45, 2.75) is 212 Å². The Morgan fingerprint density at radius 2 is 0.944 bits per heavy atom.